The average molecular weight is 216 g/mol. The Hall–Kier alpha value is -1.71. The molecule has 2 aliphatic rings. The van der Waals surface area contributed by atoms with Crippen molar-refractivity contribution in [2.24, 2.45) is 0 Å². The van der Waals surface area contributed by atoms with Crippen molar-refractivity contribution in [2.75, 3.05) is 5.32 Å². The molecule has 0 aromatic carbocycles. The lowest BCUT2D eigenvalue weighted by Crippen LogP contribution is -2.38. The fraction of sp³-hybridized carbons (Fsp3) is 0.417. The van der Waals surface area contributed by atoms with Gasteiger partial charge in [0.2, 0.25) is 5.91 Å². The number of carbonyl (C=O) groups excluding carboxylic acids is 2. The number of hydrogen-bond acceptors (Lipinski definition) is 3. The van der Waals surface area contributed by atoms with Crippen LogP contribution in [0.15, 0.2) is 18.3 Å². The number of nitrogens with zero attached hydrogens (tertiary/aromatic N) is 1. The van der Waals surface area contributed by atoms with Crippen molar-refractivity contribution in [3.63, 3.8) is 0 Å². The van der Waals surface area contributed by atoms with Crippen molar-refractivity contribution in [1.29, 1.82) is 0 Å². The largest absolute Gasteiger partial charge is 0.310 e. The Morgan fingerprint density at radius 3 is 2.75 bits per heavy atom. The molecule has 0 radical (unpaired) electrons. The van der Waals surface area contributed by atoms with Crippen LogP contribution in [0.5, 0.6) is 0 Å². The molecule has 1 aromatic rings. The number of fused-ring (bicyclic) bond motifs is 2. The second-order valence-electron chi connectivity index (χ2n) is 4.47. The summed E-state index contributed by atoms with van der Waals surface area (Å²) in [6.07, 6.45) is 3.92. The van der Waals surface area contributed by atoms with Crippen LogP contribution < -0.4 is 5.32 Å². The molecule has 82 valence electrons. The second-order valence-corrected chi connectivity index (χ2v) is 4.47. The minimum absolute atomic E-state index is 0.00806. The van der Waals surface area contributed by atoms with Crippen molar-refractivity contribution in [3.8, 4) is 0 Å². The zero-order valence-corrected chi connectivity index (χ0v) is 8.82. The van der Waals surface area contributed by atoms with Crippen molar-refractivity contribution >= 4 is 17.5 Å². The average Bonchev–Trinajstić information content (AvgIpc) is 2.57. The molecule has 1 amide bonds. The van der Waals surface area contributed by atoms with E-state index in [4.69, 9.17) is 0 Å². The molecule has 1 aliphatic carbocycles. The predicted molar refractivity (Wildman–Crippen MR) is 58.0 cm³/mol. The first-order valence-electron chi connectivity index (χ1n) is 5.51. The summed E-state index contributed by atoms with van der Waals surface area (Å²) < 4.78 is 0. The molecule has 1 aliphatic heterocycles. The van der Waals surface area contributed by atoms with E-state index in [1.807, 2.05) is 12.1 Å². The molecule has 1 fully saturated rings. The molecule has 0 bridgehead atoms. The maximum Gasteiger partial charge on any atom is 0.236 e. The van der Waals surface area contributed by atoms with Gasteiger partial charge in [0, 0.05) is 24.6 Å². The number of hydrogen-bond donors (Lipinski definition) is 1. The summed E-state index contributed by atoms with van der Waals surface area (Å²) in [7, 11) is 0. The van der Waals surface area contributed by atoms with Gasteiger partial charge in [0.25, 0.3) is 0 Å². The van der Waals surface area contributed by atoms with Crippen molar-refractivity contribution in [1.82, 2.24) is 4.98 Å². The molecule has 0 unspecified atom stereocenters. The number of nitrogens with one attached hydrogen (secondary N) is 1. The molecule has 1 aromatic heterocycles. The highest BCUT2D eigenvalue weighted by molar-refractivity contribution is 6.06. The van der Waals surface area contributed by atoms with Crippen LogP contribution in [0.3, 0.4) is 0 Å². The van der Waals surface area contributed by atoms with Crippen LogP contribution in [0.4, 0.5) is 5.82 Å². The van der Waals surface area contributed by atoms with E-state index in [0.29, 0.717) is 31.5 Å². The van der Waals surface area contributed by atoms with Gasteiger partial charge in [-0.15, -0.1) is 0 Å². The minimum atomic E-state index is -0.489. The number of rotatable bonds is 0. The Balaban J connectivity index is 2.07. The summed E-state index contributed by atoms with van der Waals surface area (Å²) in [5.41, 5.74) is 0.477. The van der Waals surface area contributed by atoms with E-state index in [0.717, 1.165) is 5.56 Å². The van der Waals surface area contributed by atoms with E-state index >= 15 is 0 Å². The summed E-state index contributed by atoms with van der Waals surface area (Å²) >= 11 is 0. The van der Waals surface area contributed by atoms with E-state index in [9.17, 15) is 9.59 Å². The lowest BCUT2D eigenvalue weighted by Gasteiger charge is -2.30. The van der Waals surface area contributed by atoms with Gasteiger partial charge in [-0.1, -0.05) is 6.07 Å². The fourth-order valence-electron chi connectivity index (χ4n) is 2.69. The molecule has 3 rings (SSSR count). The summed E-state index contributed by atoms with van der Waals surface area (Å²) in [4.78, 5) is 27.5. The van der Waals surface area contributed by atoms with Gasteiger partial charge in [-0.2, -0.15) is 0 Å². The molecule has 4 nitrogen and oxygen atoms in total. The molecule has 1 saturated carbocycles. The van der Waals surface area contributed by atoms with Crippen LogP contribution >= 0.6 is 0 Å². The maximum absolute atomic E-state index is 12.1. The van der Waals surface area contributed by atoms with Crippen molar-refractivity contribution in [2.45, 2.75) is 31.1 Å². The minimum Gasteiger partial charge on any atom is -0.310 e. The molecule has 0 atom stereocenters. The predicted octanol–water partition coefficient (Wildman–Crippen LogP) is 1.41. The number of carbonyl (C=O) groups is 2. The Morgan fingerprint density at radius 1 is 1.25 bits per heavy atom. The molecule has 2 heterocycles. The zero-order chi connectivity index (χ0) is 11.2. The van der Waals surface area contributed by atoms with Gasteiger partial charge in [0.15, 0.2) is 0 Å². The number of aromatic nitrogens is 1. The van der Waals surface area contributed by atoms with Gasteiger partial charge in [-0.05, 0) is 18.9 Å². The first-order chi connectivity index (χ1) is 7.72. The third-order valence-electron chi connectivity index (χ3n) is 3.65. The first-order valence-corrected chi connectivity index (χ1v) is 5.51. The normalized spacial score (nSPS) is 22.0. The van der Waals surface area contributed by atoms with E-state index in [-0.39, 0.29) is 11.7 Å². The topological polar surface area (TPSA) is 59.1 Å². The van der Waals surface area contributed by atoms with E-state index in [1.54, 1.807) is 6.20 Å². The summed E-state index contributed by atoms with van der Waals surface area (Å²) in [5, 5.41) is 2.81. The number of pyridine rings is 1. The molecule has 1 spiro atoms. The van der Waals surface area contributed by atoms with Crippen LogP contribution in [0.25, 0.3) is 0 Å². The third-order valence-corrected chi connectivity index (χ3v) is 3.65. The summed E-state index contributed by atoms with van der Waals surface area (Å²) in [5.74, 6) is 0.936. The monoisotopic (exact) mass is 216 g/mol. The van der Waals surface area contributed by atoms with Crippen molar-refractivity contribution < 1.29 is 9.59 Å². The highest BCUT2D eigenvalue weighted by Gasteiger charge is 2.48. The SMILES string of the molecule is O=C1CCC2(CC1)C(=O)Nc1ncccc12. The maximum atomic E-state index is 12.1. The second kappa shape index (κ2) is 3.14. The van der Waals surface area contributed by atoms with E-state index < -0.39 is 5.41 Å². The van der Waals surface area contributed by atoms with Crippen LogP contribution in [-0.2, 0) is 15.0 Å². The van der Waals surface area contributed by atoms with Crippen molar-refractivity contribution in [3.05, 3.63) is 23.9 Å². The lowest BCUT2D eigenvalue weighted by molar-refractivity contribution is -0.126. The van der Waals surface area contributed by atoms with Gasteiger partial charge < -0.3 is 5.32 Å². The molecule has 0 saturated heterocycles. The standard InChI is InChI=1S/C12H12N2O2/c15-8-3-5-12(6-4-8)9-2-1-7-13-10(9)14-11(12)16/h1-2,7H,3-6H2,(H,13,14,16). The Bertz CT molecular complexity index is 472. The van der Waals surface area contributed by atoms with E-state index in [1.165, 1.54) is 0 Å². The smallest absolute Gasteiger partial charge is 0.236 e. The number of amides is 1. The van der Waals surface area contributed by atoms with Crippen LogP contribution in [0.1, 0.15) is 31.2 Å². The Kier molecular flexibility index (Phi) is 1.87. The number of Topliss-reactive ketones (excluding diaryl/α,β-unsaturated/α-hetero) is 1. The van der Waals surface area contributed by atoms with Crippen LogP contribution in [0.2, 0.25) is 0 Å². The van der Waals surface area contributed by atoms with Gasteiger partial charge >= 0.3 is 0 Å². The quantitative estimate of drug-likeness (QED) is 0.713. The molecule has 1 N–H and O–H groups in total. The van der Waals surface area contributed by atoms with Gasteiger partial charge in [0.1, 0.15) is 11.6 Å². The molecular formula is C12H12N2O2. The highest BCUT2D eigenvalue weighted by Crippen LogP contribution is 2.45. The third kappa shape index (κ3) is 1.13. The van der Waals surface area contributed by atoms with Gasteiger partial charge in [0.05, 0.1) is 5.41 Å². The summed E-state index contributed by atoms with van der Waals surface area (Å²) in [6, 6.07) is 3.79. The lowest BCUT2D eigenvalue weighted by atomic mass is 9.70. The molecule has 16 heavy (non-hydrogen) atoms. The zero-order valence-electron chi connectivity index (χ0n) is 8.82. The van der Waals surface area contributed by atoms with Gasteiger partial charge in [-0.3, -0.25) is 9.59 Å². The van der Waals surface area contributed by atoms with Crippen LogP contribution in [0, 0.1) is 0 Å². The van der Waals surface area contributed by atoms with Gasteiger partial charge in [-0.25, -0.2) is 4.98 Å². The first kappa shape index (κ1) is 9.51. The summed E-state index contributed by atoms with van der Waals surface area (Å²) in [6.45, 7) is 0. The fourth-order valence-corrected chi connectivity index (χ4v) is 2.69. The molecular weight excluding hydrogens is 204 g/mol. The Labute approximate surface area is 93.1 Å². The number of ketones is 1. The number of anilines is 1. The highest BCUT2D eigenvalue weighted by atomic mass is 16.2. The van der Waals surface area contributed by atoms with Crippen LogP contribution in [-0.4, -0.2) is 16.7 Å². The Morgan fingerprint density at radius 2 is 2.00 bits per heavy atom. The molecule has 4 heteroatoms. The van der Waals surface area contributed by atoms with E-state index in [2.05, 4.69) is 10.3 Å².